The molecule has 2 aromatic rings. The fourth-order valence-corrected chi connectivity index (χ4v) is 5.16. The Bertz CT molecular complexity index is 1220. The minimum Gasteiger partial charge on any atom is -0.481 e. The predicted molar refractivity (Wildman–Crippen MR) is 150 cm³/mol. The molecule has 0 radical (unpaired) electrons. The molecule has 15 heteroatoms. The number of piperidine rings is 2. The zero-order chi connectivity index (χ0) is 34.1. The highest BCUT2D eigenvalue weighted by Gasteiger charge is 2.50. The molecule has 2 heterocycles. The quantitative estimate of drug-likeness (QED) is 0.347. The third kappa shape index (κ3) is 10.4. The predicted octanol–water partition coefficient (Wildman–Crippen LogP) is 6.61. The van der Waals surface area contributed by atoms with Gasteiger partial charge in [0, 0.05) is 19.0 Å². The normalized spacial score (nSPS) is 21.8. The number of benzene rings is 2. The lowest BCUT2D eigenvalue weighted by Gasteiger charge is -2.38. The van der Waals surface area contributed by atoms with E-state index in [0.29, 0.717) is 20.9 Å². The van der Waals surface area contributed by atoms with E-state index in [1.54, 1.807) is 60.7 Å². The maximum absolute atomic E-state index is 13.1. The van der Waals surface area contributed by atoms with Crippen LogP contribution in [0.3, 0.4) is 0 Å². The molecule has 4 atom stereocenters. The van der Waals surface area contributed by atoms with Crippen LogP contribution in [-0.4, -0.2) is 76.4 Å². The molecule has 2 saturated heterocycles. The third-order valence-electron chi connectivity index (χ3n) is 7.72. The topological polar surface area (TPSA) is 113 Å². The second-order valence-electron chi connectivity index (χ2n) is 11.0. The summed E-state index contributed by atoms with van der Waals surface area (Å²) < 4.78 is 88.4. The second kappa shape index (κ2) is 15.8. The summed E-state index contributed by atoms with van der Waals surface area (Å²) in [5, 5.41) is 8.97. The Hall–Kier alpha value is -4.30. The molecule has 0 bridgehead atoms. The SMILES string of the molecule is CC(=O)C1CC[C@@H](C(F)(F)F)N(C(=O)OCc2ccccc2)C1.O=C(O)[C@@H]1CC[C@H](C(F)(F)F)N(C(=O)OCc2ccccc2)C1. The van der Waals surface area contributed by atoms with Gasteiger partial charge in [0.1, 0.15) is 31.1 Å². The Kier molecular flexibility index (Phi) is 12.4. The number of hydrogen-bond acceptors (Lipinski definition) is 6. The molecular weight excluding hydrogens is 626 g/mol. The first-order chi connectivity index (χ1) is 21.6. The van der Waals surface area contributed by atoms with Crippen LogP contribution in [0.5, 0.6) is 0 Å². The second-order valence-corrected chi connectivity index (χ2v) is 11.0. The molecule has 46 heavy (non-hydrogen) atoms. The fraction of sp³-hybridized carbons (Fsp3) is 0.484. The van der Waals surface area contributed by atoms with E-state index < -0.39 is 67.4 Å². The summed E-state index contributed by atoms with van der Waals surface area (Å²) in [6.07, 6.45) is -12.1. The van der Waals surface area contributed by atoms with Crippen molar-refractivity contribution in [2.75, 3.05) is 13.1 Å². The summed E-state index contributed by atoms with van der Waals surface area (Å²) in [7, 11) is 0. The molecular formula is C31H34F6N2O7. The van der Waals surface area contributed by atoms with E-state index in [1.165, 1.54) is 6.92 Å². The van der Waals surface area contributed by atoms with Crippen molar-refractivity contribution in [2.45, 2.75) is 70.3 Å². The fourth-order valence-electron chi connectivity index (χ4n) is 5.16. The Morgan fingerprint density at radius 3 is 1.39 bits per heavy atom. The minimum absolute atomic E-state index is 0.106. The first-order valence-electron chi connectivity index (χ1n) is 14.4. The third-order valence-corrected chi connectivity index (χ3v) is 7.72. The van der Waals surface area contributed by atoms with Crippen molar-refractivity contribution in [1.29, 1.82) is 0 Å². The number of aliphatic carboxylic acids is 1. The molecule has 2 aromatic carbocycles. The average molecular weight is 661 g/mol. The van der Waals surface area contributed by atoms with Crippen LogP contribution in [0.15, 0.2) is 60.7 Å². The zero-order valence-electron chi connectivity index (χ0n) is 24.8. The number of hydrogen-bond donors (Lipinski definition) is 1. The summed E-state index contributed by atoms with van der Waals surface area (Å²) >= 11 is 0. The number of likely N-dealkylation sites (tertiary alicyclic amines) is 2. The first-order valence-corrected chi connectivity index (χ1v) is 14.4. The van der Waals surface area contributed by atoms with Crippen molar-refractivity contribution >= 4 is 23.9 Å². The molecule has 0 aliphatic carbocycles. The Labute approximate surface area is 261 Å². The molecule has 4 rings (SSSR count). The Morgan fingerprint density at radius 2 is 1.04 bits per heavy atom. The molecule has 0 spiro atoms. The molecule has 2 fully saturated rings. The minimum atomic E-state index is -4.62. The number of ether oxygens (including phenoxy) is 2. The van der Waals surface area contributed by atoms with Crippen molar-refractivity contribution in [3.63, 3.8) is 0 Å². The van der Waals surface area contributed by atoms with Gasteiger partial charge in [0.15, 0.2) is 0 Å². The van der Waals surface area contributed by atoms with E-state index in [2.05, 4.69) is 0 Å². The highest BCUT2D eigenvalue weighted by molar-refractivity contribution is 5.79. The van der Waals surface area contributed by atoms with Gasteiger partial charge in [0.25, 0.3) is 0 Å². The van der Waals surface area contributed by atoms with Crippen molar-refractivity contribution < 1.29 is 60.1 Å². The van der Waals surface area contributed by atoms with Crippen LogP contribution in [0.1, 0.15) is 43.7 Å². The highest BCUT2D eigenvalue weighted by Crippen LogP contribution is 2.35. The summed E-state index contributed by atoms with van der Waals surface area (Å²) in [5.74, 6) is -3.02. The number of carbonyl (C=O) groups excluding carboxylic acids is 3. The van der Waals surface area contributed by atoms with Crippen molar-refractivity contribution in [1.82, 2.24) is 9.80 Å². The lowest BCUT2D eigenvalue weighted by molar-refractivity contribution is -0.191. The molecule has 0 aromatic heterocycles. The van der Waals surface area contributed by atoms with Crippen LogP contribution >= 0.6 is 0 Å². The number of Topliss-reactive ketones (excluding diaryl/α,β-unsaturated/α-hetero) is 1. The van der Waals surface area contributed by atoms with Gasteiger partial charge in [-0.25, -0.2) is 9.59 Å². The number of carboxylic acid groups (broad SMARTS) is 1. The molecule has 1 N–H and O–H groups in total. The number of carboxylic acids is 1. The number of rotatable bonds is 6. The number of nitrogens with zero attached hydrogens (tertiary/aromatic N) is 2. The van der Waals surface area contributed by atoms with Crippen LogP contribution in [0.2, 0.25) is 0 Å². The summed E-state index contributed by atoms with van der Waals surface area (Å²) in [6, 6.07) is 13.3. The van der Waals surface area contributed by atoms with Gasteiger partial charge in [-0.2, -0.15) is 26.3 Å². The molecule has 1 unspecified atom stereocenters. The van der Waals surface area contributed by atoms with E-state index in [-0.39, 0.29) is 44.8 Å². The maximum atomic E-state index is 13.1. The van der Waals surface area contributed by atoms with Crippen LogP contribution < -0.4 is 0 Å². The summed E-state index contributed by atoms with van der Waals surface area (Å²) in [6.45, 7) is 0.288. The Morgan fingerprint density at radius 1 is 0.674 bits per heavy atom. The van der Waals surface area contributed by atoms with Gasteiger partial charge in [-0.1, -0.05) is 60.7 Å². The van der Waals surface area contributed by atoms with Gasteiger partial charge >= 0.3 is 30.5 Å². The molecule has 9 nitrogen and oxygen atoms in total. The van der Waals surface area contributed by atoms with Gasteiger partial charge in [-0.3, -0.25) is 19.4 Å². The smallest absolute Gasteiger partial charge is 0.410 e. The van der Waals surface area contributed by atoms with Gasteiger partial charge in [-0.05, 0) is 43.7 Å². The van der Waals surface area contributed by atoms with Crippen LogP contribution in [-0.2, 0) is 32.3 Å². The van der Waals surface area contributed by atoms with Gasteiger partial charge in [-0.15, -0.1) is 0 Å². The van der Waals surface area contributed by atoms with E-state index in [4.69, 9.17) is 14.6 Å². The molecule has 2 aliphatic rings. The standard InChI is InChI=1S/C16H18F3NO3.C15H16F3NO4/c1-11(21)13-7-8-14(16(17,18)19)20(9-13)15(22)23-10-12-5-3-2-4-6-12;16-15(17,18)12-7-6-11(13(20)21)8-19(12)14(22)23-9-10-4-2-1-3-5-10/h2-6,13-14H,7-10H2,1H3;1-5,11-12H,6-9H2,(H,20,21)/t13?,14-;11-,12-/m01/s1. The number of halogens is 6. The highest BCUT2D eigenvalue weighted by atomic mass is 19.4. The zero-order valence-corrected chi connectivity index (χ0v) is 24.8. The van der Waals surface area contributed by atoms with Crippen molar-refractivity contribution in [2.24, 2.45) is 11.8 Å². The van der Waals surface area contributed by atoms with Crippen LogP contribution in [0.4, 0.5) is 35.9 Å². The van der Waals surface area contributed by atoms with Crippen molar-refractivity contribution in [3.05, 3.63) is 71.8 Å². The Balaban J connectivity index is 0.000000250. The van der Waals surface area contributed by atoms with Crippen LogP contribution in [0, 0.1) is 11.8 Å². The number of carbonyl (C=O) groups is 4. The summed E-state index contributed by atoms with van der Waals surface area (Å²) in [4.78, 5) is 47.7. The molecule has 2 amide bonds. The van der Waals surface area contributed by atoms with Gasteiger partial charge < -0.3 is 14.6 Å². The first kappa shape index (κ1) is 36.2. The number of alkyl halides is 6. The van der Waals surface area contributed by atoms with Crippen molar-refractivity contribution in [3.8, 4) is 0 Å². The molecule has 2 aliphatic heterocycles. The van der Waals surface area contributed by atoms with Crippen LogP contribution in [0.25, 0.3) is 0 Å². The van der Waals surface area contributed by atoms with E-state index in [0.717, 1.165) is 0 Å². The van der Waals surface area contributed by atoms with Gasteiger partial charge in [0.2, 0.25) is 0 Å². The lowest BCUT2D eigenvalue weighted by atomic mass is 9.90. The largest absolute Gasteiger partial charge is 0.481 e. The van der Waals surface area contributed by atoms with E-state index in [9.17, 15) is 45.5 Å². The van der Waals surface area contributed by atoms with Gasteiger partial charge in [0.05, 0.1) is 5.92 Å². The lowest BCUT2D eigenvalue weighted by Crippen LogP contribution is -2.54. The maximum Gasteiger partial charge on any atom is 0.410 e. The summed E-state index contributed by atoms with van der Waals surface area (Å²) in [5.41, 5.74) is 1.32. The van der Waals surface area contributed by atoms with E-state index in [1.807, 2.05) is 0 Å². The average Bonchev–Trinajstić information content (AvgIpc) is 3.02. The van der Waals surface area contributed by atoms with E-state index >= 15 is 0 Å². The number of amides is 2. The molecule has 252 valence electrons. The molecule has 0 saturated carbocycles. The monoisotopic (exact) mass is 660 g/mol. The number of ketones is 1.